The minimum atomic E-state index is -2.95. The Bertz CT molecular complexity index is 975. The average Bonchev–Trinajstić information content (AvgIpc) is 2.79. The molecule has 1 unspecified atom stereocenters. The third-order valence-corrected chi connectivity index (χ3v) is 6.02. The highest BCUT2D eigenvalue weighted by Crippen LogP contribution is 2.29. The number of anilines is 1. The summed E-state index contributed by atoms with van der Waals surface area (Å²) in [5.41, 5.74) is 2.40. The maximum atomic E-state index is 12.8. The molecule has 0 spiro atoms. The Morgan fingerprint density at radius 3 is 2.48 bits per heavy atom. The highest BCUT2D eigenvalue weighted by Gasteiger charge is 2.22. The van der Waals surface area contributed by atoms with Crippen LogP contribution in [-0.2, 0) is 0 Å². The Kier molecular flexibility index (Phi) is 8.25. The van der Waals surface area contributed by atoms with E-state index in [2.05, 4.69) is 22.3 Å². The summed E-state index contributed by atoms with van der Waals surface area (Å²) in [4.78, 5) is 27.3. The Hall–Kier alpha value is -3.16. The molecule has 2 N–H and O–H groups in total. The van der Waals surface area contributed by atoms with E-state index in [9.17, 15) is 18.4 Å². The lowest BCUT2D eigenvalue weighted by Crippen LogP contribution is -2.38. The molecule has 3 amide bonds. The van der Waals surface area contributed by atoms with E-state index in [1.807, 2.05) is 18.7 Å². The first-order valence-electron chi connectivity index (χ1n) is 11.3. The van der Waals surface area contributed by atoms with Gasteiger partial charge in [0.1, 0.15) is 5.75 Å². The fourth-order valence-corrected chi connectivity index (χ4v) is 4.02. The van der Waals surface area contributed by atoms with Gasteiger partial charge in [-0.15, -0.1) is 0 Å². The molecular weight excluding hydrogens is 428 g/mol. The largest absolute Gasteiger partial charge is 0.434 e. The minimum absolute atomic E-state index is 0.00249. The monoisotopic (exact) mass is 459 g/mol. The van der Waals surface area contributed by atoms with Crippen molar-refractivity contribution in [2.75, 3.05) is 18.4 Å². The summed E-state index contributed by atoms with van der Waals surface area (Å²) in [5.74, 6) is 0.676. The van der Waals surface area contributed by atoms with E-state index in [4.69, 9.17) is 0 Å². The summed E-state index contributed by atoms with van der Waals surface area (Å²) < 4.78 is 30.1. The number of hydrogen-bond donors (Lipinski definition) is 2. The van der Waals surface area contributed by atoms with Crippen molar-refractivity contribution in [3.05, 3.63) is 59.2 Å². The molecule has 0 saturated carbocycles. The number of rotatable bonds is 7. The van der Waals surface area contributed by atoms with Crippen LogP contribution in [0.2, 0.25) is 0 Å². The zero-order valence-corrected chi connectivity index (χ0v) is 19.2. The summed E-state index contributed by atoms with van der Waals surface area (Å²) in [6.07, 6.45) is 2.50. The number of para-hydroxylation sites is 1. The van der Waals surface area contributed by atoms with Crippen molar-refractivity contribution in [1.82, 2.24) is 10.2 Å². The number of carbonyl (C=O) groups excluding carboxylic acids is 2. The average molecular weight is 460 g/mol. The standard InChI is InChI=1S/C25H31F2N3O3/c1-4-20(19-7-5-6-8-22(19)33-24(26)27)28-25(32)29-21-10-9-18(15-17(21)3)23(31)30-13-11-16(2)12-14-30/h5-10,15-16,20,24H,4,11-14H2,1-3H3,(H2,28,29,32). The molecule has 1 saturated heterocycles. The maximum Gasteiger partial charge on any atom is 0.387 e. The number of halogens is 2. The van der Waals surface area contributed by atoms with Crippen LogP contribution < -0.4 is 15.4 Å². The first-order valence-corrected chi connectivity index (χ1v) is 11.3. The smallest absolute Gasteiger partial charge is 0.387 e. The summed E-state index contributed by atoms with van der Waals surface area (Å²) in [5, 5.41) is 5.61. The Morgan fingerprint density at radius 1 is 1.15 bits per heavy atom. The van der Waals surface area contributed by atoms with Crippen molar-refractivity contribution >= 4 is 17.6 Å². The van der Waals surface area contributed by atoms with E-state index in [0.29, 0.717) is 29.2 Å². The highest BCUT2D eigenvalue weighted by atomic mass is 19.3. The Morgan fingerprint density at radius 2 is 1.85 bits per heavy atom. The molecule has 3 rings (SSSR count). The van der Waals surface area contributed by atoms with Crippen LogP contribution in [0.15, 0.2) is 42.5 Å². The van der Waals surface area contributed by atoms with E-state index in [1.54, 1.807) is 36.4 Å². The van der Waals surface area contributed by atoms with Gasteiger partial charge in [0.25, 0.3) is 5.91 Å². The first-order chi connectivity index (χ1) is 15.8. The van der Waals surface area contributed by atoms with E-state index in [-0.39, 0.29) is 11.7 Å². The topological polar surface area (TPSA) is 70.7 Å². The van der Waals surface area contributed by atoms with Gasteiger partial charge in [0.2, 0.25) is 0 Å². The fraction of sp³-hybridized carbons (Fsp3) is 0.440. The number of amides is 3. The van der Waals surface area contributed by atoms with Crippen LogP contribution in [0.5, 0.6) is 5.75 Å². The molecule has 33 heavy (non-hydrogen) atoms. The summed E-state index contributed by atoms with van der Waals surface area (Å²) in [7, 11) is 0. The van der Waals surface area contributed by atoms with E-state index < -0.39 is 18.7 Å². The molecule has 1 aliphatic rings. The second kappa shape index (κ2) is 11.1. The molecule has 2 aromatic rings. The number of ether oxygens (including phenoxy) is 1. The van der Waals surface area contributed by atoms with Crippen LogP contribution in [0.4, 0.5) is 19.3 Å². The molecule has 0 bridgehead atoms. The van der Waals surface area contributed by atoms with Gasteiger partial charge >= 0.3 is 12.6 Å². The van der Waals surface area contributed by atoms with Gasteiger partial charge in [0.15, 0.2) is 0 Å². The van der Waals surface area contributed by atoms with Crippen LogP contribution in [0, 0.1) is 12.8 Å². The quantitative estimate of drug-likeness (QED) is 0.555. The summed E-state index contributed by atoms with van der Waals surface area (Å²) in [6.45, 7) is 4.44. The first kappa shape index (κ1) is 24.5. The lowest BCUT2D eigenvalue weighted by Gasteiger charge is -2.30. The van der Waals surface area contributed by atoms with E-state index in [1.165, 1.54) is 6.07 Å². The number of urea groups is 1. The molecular formula is C25H31F2N3O3. The summed E-state index contributed by atoms with van der Waals surface area (Å²) >= 11 is 0. The maximum absolute atomic E-state index is 12.8. The van der Waals surface area contributed by atoms with Crippen molar-refractivity contribution in [2.45, 2.75) is 52.7 Å². The molecule has 0 radical (unpaired) electrons. The number of carbonyl (C=O) groups is 2. The van der Waals surface area contributed by atoms with Gasteiger partial charge in [0.05, 0.1) is 6.04 Å². The predicted molar refractivity (Wildman–Crippen MR) is 124 cm³/mol. The van der Waals surface area contributed by atoms with Crippen molar-refractivity contribution in [2.24, 2.45) is 5.92 Å². The highest BCUT2D eigenvalue weighted by molar-refractivity contribution is 5.96. The van der Waals surface area contributed by atoms with Crippen LogP contribution in [0.25, 0.3) is 0 Å². The van der Waals surface area contributed by atoms with Crippen molar-refractivity contribution in [3.8, 4) is 5.75 Å². The predicted octanol–water partition coefficient (Wildman–Crippen LogP) is 5.74. The molecule has 178 valence electrons. The number of hydrogen-bond acceptors (Lipinski definition) is 3. The molecule has 0 aromatic heterocycles. The third kappa shape index (κ3) is 6.43. The number of piperidine rings is 1. The third-order valence-electron chi connectivity index (χ3n) is 6.02. The summed E-state index contributed by atoms with van der Waals surface area (Å²) in [6, 6.07) is 10.6. The normalized spacial score (nSPS) is 15.3. The van der Waals surface area contributed by atoms with E-state index >= 15 is 0 Å². The SMILES string of the molecule is CCC(NC(=O)Nc1ccc(C(=O)N2CCC(C)CC2)cc1C)c1ccccc1OC(F)F. The lowest BCUT2D eigenvalue weighted by atomic mass is 9.98. The lowest BCUT2D eigenvalue weighted by molar-refractivity contribution is -0.0506. The number of nitrogens with one attached hydrogen (secondary N) is 2. The molecule has 1 fully saturated rings. The minimum Gasteiger partial charge on any atom is -0.434 e. The zero-order valence-electron chi connectivity index (χ0n) is 19.2. The fourth-order valence-electron chi connectivity index (χ4n) is 4.02. The van der Waals surface area contributed by atoms with Crippen LogP contribution >= 0.6 is 0 Å². The van der Waals surface area contributed by atoms with Gasteiger partial charge in [0, 0.05) is 29.9 Å². The van der Waals surface area contributed by atoms with Crippen molar-refractivity contribution in [3.63, 3.8) is 0 Å². The molecule has 1 heterocycles. The van der Waals surface area contributed by atoms with Gasteiger partial charge < -0.3 is 20.3 Å². The van der Waals surface area contributed by atoms with Crippen LogP contribution in [0.1, 0.15) is 60.6 Å². The number of alkyl halides is 2. The van der Waals surface area contributed by atoms with Gasteiger partial charge in [-0.25, -0.2) is 4.79 Å². The molecule has 6 nitrogen and oxygen atoms in total. The van der Waals surface area contributed by atoms with Gasteiger partial charge in [-0.3, -0.25) is 4.79 Å². The second-order valence-electron chi connectivity index (χ2n) is 8.48. The molecule has 8 heteroatoms. The van der Waals surface area contributed by atoms with Crippen LogP contribution in [0.3, 0.4) is 0 Å². The zero-order chi connectivity index (χ0) is 24.0. The number of nitrogens with zero attached hydrogens (tertiary/aromatic N) is 1. The van der Waals surface area contributed by atoms with E-state index in [0.717, 1.165) is 31.5 Å². The number of benzene rings is 2. The molecule has 0 aliphatic carbocycles. The Balaban J connectivity index is 1.66. The molecule has 2 aromatic carbocycles. The number of likely N-dealkylation sites (tertiary alicyclic amines) is 1. The molecule has 1 aliphatic heterocycles. The van der Waals surface area contributed by atoms with Gasteiger partial charge in [-0.05, 0) is 61.9 Å². The molecule has 1 atom stereocenters. The van der Waals surface area contributed by atoms with Gasteiger partial charge in [-0.1, -0.05) is 32.0 Å². The Labute approximate surface area is 193 Å². The van der Waals surface area contributed by atoms with Crippen LogP contribution in [-0.4, -0.2) is 36.5 Å². The van der Waals surface area contributed by atoms with Crippen molar-refractivity contribution < 1.29 is 23.1 Å². The number of aryl methyl sites for hydroxylation is 1. The van der Waals surface area contributed by atoms with Crippen molar-refractivity contribution in [1.29, 1.82) is 0 Å². The van der Waals surface area contributed by atoms with Gasteiger partial charge in [-0.2, -0.15) is 8.78 Å². The second-order valence-corrected chi connectivity index (χ2v) is 8.48.